The topological polar surface area (TPSA) is 58.6 Å². The summed E-state index contributed by atoms with van der Waals surface area (Å²) in [5.74, 6) is 0.175. The number of fused-ring (bicyclic) bond motifs is 1. The van der Waals surface area contributed by atoms with Gasteiger partial charge in [0.05, 0.1) is 12.1 Å². The van der Waals surface area contributed by atoms with Gasteiger partial charge in [0.25, 0.3) is 5.91 Å². The van der Waals surface area contributed by atoms with Gasteiger partial charge in [-0.15, -0.1) is 11.8 Å². The molecule has 0 fully saturated rings. The van der Waals surface area contributed by atoms with E-state index < -0.39 is 0 Å². The maximum absolute atomic E-state index is 12.4. The fourth-order valence-corrected chi connectivity index (χ4v) is 2.98. The maximum Gasteiger partial charge on any atom is 0.257 e. The number of nitrogens with zero attached hydrogens (tertiary/aromatic N) is 1. The van der Waals surface area contributed by atoms with Crippen molar-refractivity contribution in [3.63, 3.8) is 0 Å². The van der Waals surface area contributed by atoms with Crippen LogP contribution in [-0.2, 0) is 4.79 Å². The standard InChI is InChI=1S/C20H20N2O3S/c1-22-11-12-25-18-9-6-15(13-17(18)20(22)24)21-19(23)10-5-14-3-7-16(26-2)8-4-14/h3-10,13H,11-12H2,1-2H3,(H,21,23). The van der Waals surface area contributed by atoms with Crippen molar-refractivity contribution in [2.75, 3.05) is 31.8 Å². The fraction of sp³-hybridized carbons (Fsp3) is 0.200. The Labute approximate surface area is 157 Å². The van der Waals surface area contributed by atoms with Gasteiger partial charge in [-0.3, -0.25) is 9.59 Å². The Morgan fingerprint density at radius 1 is 1.23 bits per heavy atom. The van der Waals surface area contributed by atoms with E-state index in [4.69, 9.17) is 4.74 Å². The highest BCUT2D eigenvalue weighted by atomic mass is 32.2. The number of rotatable bonds is 4. The summed E-state index contributed by atoms with van der Waals surface area (Å²) in [5.41, 5.74) is 1.97. The summed E-state index contributed by atoms with van der Waals surface area (Å²) in [5, 5.41) is 2.78. The number of carbonyl (C=O) groups is 2. The first-order valence-corrected chi connectivity index (χ1v) is 9.45. The minimum Gasteiger partial charge on any atom is -0.491 e. The molecule has 0 saturated carbocycles. The summed E-state index contributed by atoms with van der Waals surface area (Å²) in [7, 11) is 1.73. The number of carbonyl (C=O) groups excluding carboxylic acids is 2. The first-order valence-electron chi connectivity index (χ1n) is 8.22. The zero-order valence-electron chi connectivity index (χ0n) is 14.7. The normalized spacial score (nSPS) is 13.9. The number of benzene rings is 2. The van der Waals surface area contributed by atoms with Crippen molar-refractivity contribution in [1.82, 2.24) is 4.90 Å². The molecular formula is C20H20N2O3S. The predicted molar refractivity (Wildman–Crippen MR) is 105 cm³/mol. The third kappa shape index (κ3) is 4.26. The van der Waals surface area contributed by atoms with Crippen LogP contribution in [0.4, 0.5) is 5.69 Å². The van der Waals surface area contributed by atoms with Crippen LogP contribution in [-0.4, -0.2) is 43.2 Å². The number of likely N-dealkylation sites (N-methyl/N-ethyl adjacent to an activating group) is 1. The van der Waals surface area contributed by atoms with Gasteiger partial charge in [-0.05, 0) is 48.2 Å². The molecule has 134 valence electrons. The molecule has 0 unspecified atom stereocenters. The van der Waals surface area contributed by atoms with Gasteiger partial charge in [-0.2, -0.15) is 0 Å². The average molecular weight is 368 g/mol. The maximum atomic E-state index is 12.4. The first kappa shape index (κ1) is 18.1. The smallest absolute Gasteiger partial charge is 0.257 e. The second-order valence-corrected chi connectivity index (χ2v) is 6.76. The fourth-order valence-electron chi connectivity index (χ4n) is 2.57. The second kappa shape index (κ2) is 8.10. The van der Waals surface area contributed by atoms with Gasteiger partial charge in [-0.25, -0.2) is 0 Å². The van der Waals surface area contributed by atoms with E-state index in [-0.39, 0.29) is 11.8 Å². The molecule has 0 aromatic heterocycles. The van der Waals surface area contributed by atoms with Crippen LogP contribution in [0.25, 0.3) is 6.08 Å². The van der Waals surface area contributed by atoms with Crippen LogP contribution in [0.15, 0.2) is 53.4 Å². The molecule has 0 spiro atoms. The number of hydrogen-bond donors (Lipinski definition) is 1. The van der Waals surface area contributed by atoms with Gasteiger partial charge in [-0.1, -0.05) is 12.1 Å². The Kier molecular flexibility index (Phi) is 5.63. The minimum absolute atomic E-state index is 0.113. The SMILES string of the molecule is CSc1ccc(C=CC(=O)Nc2ccc3c(c2)C(=O)N(C)CCO3)cc1. The van der Waals surface area contributed by atoms with Crippen molar-refractivity contribution >= 4 is 35.3 Å². The Bertz CT molecular complexity index is 847. The van der Waals surface area contributed by atoms with Crippen molar-refractivity contribution in [3.8, 4) is 5.75 Å². The molecule has 2 aromatic carbocycles. The van der Waals surface area contributed by atoms with Crippen LogP contribution in [0.5, 0.6) is 5.75 Å². The molecule has 6 heteroatoms. The summed E-state index contributed by atoms with van der Waals surface area (Å²) in [6, 6.07) is 13.0. The highest BCUT2D eigenvalue weighted by Gasteiger charge is 2.21. The van der Waals surface area contributed by atoms with Gasteiger partial charge in [0.15, 0.2) is 0 Å². The third-order valence-corrected chi connectivity index (χ3v) is 4.79. The molecule has 0 radical (unpaired) electrons. The van der Waals surface area contributed by atoms with E-state index in [2.05, 4.69) is 5.32 Å². The zero-order valence-corrected chi connectivity index (χ0v) is 15.5. The van der Waals surface area contributed by atoms with E-state index in [1.807, 2.05) is 30.5 Å². The van der Waals surface area contributed by atoms with Crippen molar-refractivity contribution in [2.24, 2.45) is 0 Å². The molecule has 0 saturated heterocycles. The number of hydrogen-bond acceptors (Lipinski definition) is 4. The summed E-state index contributed by atoms with van der Waals surface area (Å²) in [6.07, 6.45) is 5.25. The number of thioether (sulfide) groups is 1. The Hall–Kier alpha value is -2.73. The predicted octanol–water partition coefficient (Wildman–Crippen LogP) is 3.52. The van der Waals surface area contributed by atoms with Crippen molar-refractivity contribution in [3.05, 3.63) is 59.7 Å². The van der Waals surface area contributed by atoms with E-state index in [0.29, 0.717) is 30.2 Å². The molecule has 5 nitrogen and oxygen atoms in total. The average Bonchev–Trinajstić information content (AvgIpc) is 2.80. The molecular weight excluding hydrogens is 348 g/mol. The molecule has 0 bridgehead atoms. The molecule has 2 aromatic rings. The molecule has 3 rings (SSSR count). The second-order valence-electron chi connectivity index (χ2n) is 5.88. The lowest BCUT2D eigenvalue weighted by atomic mass is 10.1. The Morgan fingerprint density at radius 3 is 2.73 bits per heavy atom. The van der Waals surface area contributed by atoms with Crippen LogP contribution < -0.4 is 10.1 Å². The molecule has 0 aliphatic carbocycles. The zero-order chi connectivity index (χ0) is 18.5. The van der Waals surface area contributed by atoms with Crippen molar-refractivity contribution in [1.29, 1.82) is 0 Å². The Morgan fingerprint density at radius 2 is 2.00 bits per heavy atom. The van der Waals surface area contributed by atoms with Crippen LogP contribution in [0.1, 0.15) is 15.9 Å². The van der Waals surface area contributed by atoms with E-state index in [1.54, 1.807) is 48.0 Å². The largest absolute Gasteiger partial charge is 0.491 e. The van der Waals surface area contributed by atoms with E-state index in [9.17, 15) is 9.59 Å². The van der Waals surface area contributed by atoms with Crippen LogP contribution in [0, 0.1) is 0 Å². The van der Waals surface area contributed by atoms with E-state index in [1.165, 1.54) is 11.0 Å². The molecule has 0 atom stereocenters. The number of anilines is 1. The first-order chi connectivity index (χ1) is 12.6. The molecule has 1 N–H and O–H groups in total. The van der Waals surface area contributed by atoms with Gasteiger partial charge < -0.3 is 15.0 Å². The van der Waals surface area contributed by atoms with E-state index >= 15 is 0 Å². The quantitative estimate of drug-likeness (QED) is 0.663. The molecule has 1 aliphatic rings. The van der Waals surface area contributed by atoms with Crippen LogP contribution in [0.2, 0.25) is 0 Å². The monoisotopic (exact) mass is 368 g/mol. The molecule has 26 heavy (non-hydrogen) atoms. The van der Waals surface area contributed by atoms with Crippen molar-refractivity contribution < 1.29 is 14.3 Å². The summed E-state index contributed by atoms with van der Waals surface area (Å²) in [6.45, 7) is 0.992. The van der Waals surface area contributed by atoms with Crippen LogP contribution in [0.3, 0.4) is 0 Å². The third-order valence-electron chi connectivity index (χ3n) is 4.05. The lowest BCUT2D eigenvalue weighted by Gasteiger charge is -2.13. The summed E-state index contributed by atoms with van der Waals surface area (Å²) < 4.78 is 5.58. The highest BCUT2D eigenvalue weighted by Crippen LogP contribution is 2.26. The van der Waals surface area contributed by atoms with Gasteiger partial charge in [0.1, 0.15) is 12.4 Å². The summed E-state index contributed by atoms with van der Waals surface area (Å²) >= 11 is 1.67. The van der Waals surface area contributed by atoms with Crippen molar-refractivity contribution in [2.45, 2.75) is 4.90 Å². The summed E-state index contributed by atoms with van der Waals surface area (Å²) in [4.78, 5) is 27.3. The number of ether oxygens (including phenoxy) is 1. The molecule has 1 aliphatic heterocycles. The van der Waals surface area contributed by atoms with E-state index in [0.717, 1.165) is 5.56 Å². The Balaban J connectivity index is 1.70. The van der Waals surface area contributed by atoms with Crippen LogP contribution >= 0.6 is 11.8 Å². The van der Waals surface area contributed by atoms with Gasteiger partial charge >= 0.3 is 0 Å². The lowest BCUT2D eigenvalue weighted by Crippen LogP contribution is -2.27. The lowest BCUT2D eigenvalue weighted by molar-refractivity contribution is -0.111. The minimum atomic E-state index is -0.255. The van der Waals surface area contributed by atoms with Gasteiger partial charge in [0.2, 0.25) is 5.91 Å². The van der Waals surface area contributed by atoms with Gasteiger partial charge in [0, 0.05) is 23.7 Å². The number of nitrogens with one attached hydrogen (secondary N) is 1. The highest BCUT2D eigenvalue weighted by molar-refractivity contribution is 7.98. The molecule has 2 amide bonds. The molecule has 1 heterocycles. The number of amides is 2.